The van der Waals surface area contributed by atoms with Crippen molar-refractivity contribution in [2.24, 2.45) is 0 Å². The summed E-state index contributed by atoms with van der Waals surface area (Å²) in [4.78, 5) is 39.3. The third kappa shape index (κ3) is 5.10. The minimum absolute atomic E-state index is 0.154. The van der Waals surface area contributed by atoms with Crippen LogP contribution >= 0.6 is 31.9 Å². The molecule has 0 spiro atoms. The third-order valence-corrected chi connectivity index (χ3v) is 6.07. The number of imide groups is 2. The predicted octanol–water partition coefficient (Wildman–Crippen LogP) is 5.90. The number of carbonyl (C=O) groups excluding carboxylic acids is 3. The van der Waals surface area contributed by atoms with E-state index < -0.39 is 17.8 Å². The number of amides is 4. The van der Waals surface area contributed by atoms with Crippen LogP contribution in [-0.2, 0) is 16.2 Å². The Balaban J connectivity index is 1.68. The molecule has 0 atom stereocenters. The fourth-order valence-electron chi connectivity index (χ4n) is 3.41. The van der Waals surface area contributed by atoms with Crippen LogP contribution in [0.25, 0.3) is 6.08 Å². The Morgan fingerprint density at radius 1 is 0.971 bits per heavy atom. The van der Waals surface area contributed by atoms with Gasteiger partial charge in [0.15, 0.2) is 0 Å². The van der Waals surface area contributed by atoms with Crippen LogP contribution in [0.5, 0.6) is 5.75 Å². The number of halogens is 3. The SMILES string of the molecule is Cc1cc(Br)ccc1N1C(=O)NC(=O)/C(=C/c2cc(Br)ccc2OCc2ccc(F)cc2)C1=O. The second kappa shape index (κ2) is 9.90. The summed E-state index contributed by atoms with van der Waals surface area (Å²) in [6, 6.07) is 15.3. The number of hydrogen-bond donors (Lipinski definition) is 1. The molecule has 0 aromatic heterocycles. The van der Waals surface area contributed by atoms with Gasteiger partial charge in [-0.15, -0.1) is 0 Å². The van der Waals surface area contributed by atoms with Crippen LogP contribution in [0, 0.1) is 12.7 Å². The standard InChI is InChI=1S/C25H17Br2FN2O4/c1-14-10-17(26)4-8-21(14)30-24(32)20(23(31)29-25(30)33)12-16-11-18(27)5-9-22(16)34-13-15-2-6-19(28)7-3-15/h2-12H,13H2,1H3,(H,29,31,33)/b20-12-. The van der Waals surface area contributed by atoms with Gasteiger partial charge < -0.3 is 4.74 Å². The number of benzene rings is 3. The molecule has 1 saturated heterocycles. The topological polar surface area (TPSA) is 75.7 Å². The lowest BCUT2D eigenvalue weighted by Gasteiger charge is -2.27. The van der Waals surface area contributed by atoms with Gasteiger partial charge in [-0.1, -0.05) is 44.0 Å². The number of nitrogens with zero attached hydrogens (tertiary/aromatic N) is 1. The summed E-state index contributed by atoms with van der Waals surface area (Å²) in [5.74, 6) is -1.49. The summed E-state index contributed by atoms with van der Waals surface area (Å²) in [5, 5.41) is 2.23. The zero-order chi connectivity index (χ0) is 24.4. The Labute approximate surface area is 211 Å². The molecule has 1 aliphatic rings. The van der Waals surface area contributed by atoms with E-state index in [0.29, 0.717) is 27.0 Å². The van der Waals surface area contributed by atoms with Crippen molar-refractivity contribution in [3.05, 3.63) is 97.7 Å². The number of ether oxygens (including phenoxy) is 1. The Kier molecular flexibility index (Phi) is 6.95. The molecule has 3 aromatic rings. The molecule has 1 fully saturated rings. The second-order valence-electron chi connectivity index (χ2n) is 7.49. The van der Waals surface area contributed by atoms with E-state index in [1.807, 2.05) is 0 Å². The van der Waals surface area contributed by atoms with Crippen LogP contribution < -0.4 is 15.0 Å². The monoisotopic (exact) mass is 586 g/mol. The summed E-state index contributed by atoms with van der Waals surface area (Å²) in [7, 11) is 0. The lowest BCUT2D eigenvalue weighted by molar-refractivity contribution is -0.122. The molecular formula is C25H17Br2FN2O4. The molecule has 172 valence electrons. The molecule has 0 unspecified atom stereocenters. The van der Waals surface area contributed by atoms with Gasteiger partial charge >= 0.3 is 6.03 Å². The van der Waals surface area contributed by atoms with Gasteiger partial charge in [0.1, 0.15) is 23.7 Å². The van der Waals surface area contributed by atoms with Gasteiger partial charge in [-0.3, -0.25) is 14.9 Å². The molecule has 34 heavy (non-hydrogen) atoms. The number of rotatable bonds is 5. The Morgan fingerprint density at radius 2 is 1.65 bits per heavy atom. The Morgan fingerprint density at radius 3 is 2.35 bits per heavy atom. The van der Waals surface area contributed by atoms with Crippen molar-refractivity contribution in [1.29, 1.82) is 0 Å². The molecule has 0 bridgehead atoms. The van der Waals surface area contributed by atoms with Crippen molar-refractivity contribution in [3.8, 4) is 5.75 Å². The summed E-state index contributed by atoms with van der Waals surface area (Å²) >= 11 is 6.75. The molecule has 3 aromatic carbocycles. The lowest BCUT2D eigenvalue weighted by Crippen LogP contribution is -2.54. The highest BCUT2D eigenvalue weighted by atomic mass is 79.9. The molecule has 1 aliphatic heterocycles. The number of anilines is 1. The highest BCUT2D eigenvalue weighted by Crippen LogP contribution is 2.30. The van der Waals surface area contributed by atoms with Gasteiger partial charge in [-0.05, 0) is 72.7 Å². The molecule has 1 N–H and O–H groups in total. The lowest BCUT2D eigenvalue weighted by atomic mass is 10.0. The number of urea groups is 1. The third-order valence-electron chi connectivity index (χ3n) is 5.08. The van der Waals surface area contributed by atoms with Crippen molar-refractivity contribution >= 4 is 61.5 Å². The van der Waals surface area contributed by atoms with E-state index >= 15 is 0 Å². The van der Waals surface area contributed by atoms with Crippen molar-refractivity contribution in [3.63, 3.8) is 0 Å². The fourth-order valence-corrected chi connectivity index (χ4v) is 4.26. The van der Waals surface area contributed by atoms with Crippen LogP contribution in [0.15, 0.2) is 75.2 Å². The number of barbiturate groups is 1. The zero-order valence-corrected chi connectivity index (χ0v) is 20.9. The van der Waals surface area contributed by atoms with Gasteiger partial charge in [0, 0.05) is 14.5 Å². The van der Waals surface area contributed by atoms with Crippen LogP contribution in [-0.4, -0.2) is 17.8 Å². The van der Waals surface area contributed by atoms with E-state index in [1.165, 1.54) is 18.2 Å². The number of hydrogen-bond acceptors (Lipinski definition) is 4. The van der Waals surface area contributed by atoms with Gasteiger partial charge in [-0.25, -0.2) is 14.1 Å². The second-order valence-corrected chi connectivity index (χ2v) is 9.32. The minimum Gasteiger partial charge on any atom is -0.488 e. The van der Waals surface area contributed by atoms with Crippen molar-refractivity contribution in [1.82, 2.24) is 5.32 Å². The van der Waals surface area contributed by atoms with Gasteiger partial charge in [0.25, 0.3) is 11.8 Å². The fraction of sp³-hybridized carbons (Fsp3) is 0.0800. The van der Waals surface area contributed by atoms with Crippen molar-refractivity contribution in [2.75, 3.05) is 4.90 Å². The van der Waals surface area contributed by atoms with E-state index in [0.717, 1.165) is 14.9 Å². The Hall–Kier alpha value is -3.30. The Bertz CT molecular complexity index is 1340. The molecular weight excluding hydrogens is 571 g/mol. The maximum absolute atomic E-state index is 13.3. The first-order valence-corrected chi connectivity index (χ1v) is 11.7. The van der Waals surface area contributed by atoms with E-state index in [1.54, 1.807) is 55.5 Å². The molecule has 1 heterocycles. The number of carbonyl (C=O) groups is 3. The van der Waals surface area contributed by atoms with Gasteiger partial charge in [0.2, 0.25) is 0 Å². The van der Waals surface area contributed by atoms with Gasteiger partial charge in [-0.2, -0.15) is 0 Å². The van der Waals surface area contributed by atoms with E-state index in [2.05, 4.69) is 37.2 Å². The zero-order valence-electron chi connectivity index (χ0n) is 17.8. The smallest absolute Gasteiger partial charge is 0.335 e. The van der Waals surface area contributed by atoms with Crippen LogP contribution in [0.1, 0.15) is 16.7 Å². The molecule has 0 aliphatic carbocycles. The van der Waals surface area contributed by atoms with E-state index in [4.69, 9.17) is 4.74 Å². The van der Waals surface area contributed by atoms with E-state index in [-0.39, 0.29) is 18.0 Å². The molecule has 0 saturated carbocycles. The summed E-state index contributed by atoms with van der Waals surface area (Å²) in [5.41, 5.74) is 2.03. The maximum Gasteiger partial charge on any atom is 0.335 e. The normalized spacial score (nSPS) is 15.0. The first-order chi connectivity index (χ1) is 16.2. The van der Waals surface area contributed by atoms with Crippen molar-refractivity contribution < 1.29 is 23.5 Å². The number of aryl methyl sites for hydroxylation is 1. The average molecular weight is 588 g/mol. The van der Waals surface area contributed by atoms with Gasteiger partial charge in [0.05, 0.1) is 5.69 Å². The summed E-state index contributed by atoms with van der Waals surface area (Å²) in [6.45, 7) is 1.91. The molecule has 4 rings (SSSR count). The van der Waals surface area contributed by atoms with Crippen molar-refractivity contribution in [2.45, 2.75) is 13.5 Å². The average Bonchev–Trinajstić information content (AvgIpc) is 2.78. The highest BCUT2D eigenvalue weighted by Gasteiger charge is 2.37. The first kappa shape index (κ1) is 23.8. The molecule has 4 amide bonds. The number of nitrogens with one attached hydrogen (secondary N) is 1. The highest BCUT2D eigenvalue weighted by molar-refractivity contribution is 9.10. The quantitative estimate of drug-likeness (QED) is 0.298. The maximum atomic E-state index is 13.3. The van der Waals surface area contributed by atoms with Crippen LogP contribution in [0.2, 0.25) is 0 Å². The summed E-state index contributed by atoms with van der Waals surface area (Å²) in [6.07, 6.45) is 1.38. The molecule has 6 nitrogen and oxygen atoms in total. The van der Waals surface area contributed by atoms with E-state index in [9.17, 15) is 18.8 Å². The molecule has 0 radical (unpaired) electrons. The predicted molar refractivity (Wildman–Crippen MR) is 133 cm³/mol. The van der Waals surface area contributed by atoms with Crippen LogP contribution in [0.4, 0.5) is 14.9 Å². The minimum atomic E-state index is -0.820. The largest absolute Gasteiger partial charge is 0.488 e. The first-order valence-electron chi connectivity index (χ1n) is 10.1. The summed E-state index contributed by atoms with van der Waals surface area (Å²) < 4.78 is 20.5. The van der Waals surface area contributed by atoms with Crippen LogP contribution in [0.3, 0.4) is 0 Å². The molecule has 9 heteroatoms.